The molecule has 58 valence electrons. The summed E-state index contributed by atoms with van der Waals surface area (Å²) < 4.78 is 21.4. The zero-order valence-electron chi connectivity index (χ0n) is 4.90. The van der Waals surface area contributed by atoms with E-state index in [-0.39, 0.29) is 0 Å². The zero-order valence-corrected chi connectivity index (χ0v) is 5.71. The van der Waals surface area contributed by atoms with Crippen molar-refractivity contribution in [2.24, 2.45) is 0 Å². The normalized spacial score (nSPS) is 10.5. The highest BCUT2D eigenvalue weighted by Crippen LogP contribution is 1.77. The average Bonchev–Trinajstić information content (AvgIpc) is 1.60. The molecule has 0 fully saturated rings. The number of nitro groups is 1. The molecule has 1 N–H and O–H groups in total. The van der Waals surface area contributed by atoms with Crippen molar-refractivity contribution in [3.05, 3.63) is 10.1 Å². The third-order valence-corrected chi connectivity index (χ3v) is 0.984. The first-order valence-corrected chi connectivity index (χ1v) is 3.88. The summed E-state index contributed by atoms with van der Waals surface area (Å²) in [6, 6.07) is -1.75. The van der Waals surface area contributed by atoms with Crippen molar-refractivity contribution in [1.29, 1.82) is 0 Å². The van der Waals surface area contributed by atoms with Gasteiger partial charge >= 0.3 is 6.03 Å². The van der Waals surface area contributed by atoms with Crippen LogP contribution in [0.1, 0.15) is 0 Å². The summed E-state index contributed by atoms with van der Waals surface area (Å²) in [7, 11) is -3.81. The van der Waals surface area contributed by atoms with Crippen molar-refractivity contribution in [3.63, 3.8) is 0 Å². The fourth-order valence-electron chi connectivity index (χ4n) is 0.196. The van der Waals surface area contributed by atoms with Gasteiger partial charge < -0.3 is 10.1 Å². The lowest BCUT2D eigenvalue weighted by molar-refractivity contribution is -0.372. The smallest absolute Gasteiger partial charge is 0.355 e. The zero-order chi connectivity index (χ0) is 8.36. The van der Waals surface area contributed by atoms with Crippen LogP contribution in [-0.4, -0.2) is 25.6 Å². The van der Waals surface area contributed by atoms with Crippen molar-refractivity contribution in [2.45, 2.75) is 0 Å². The summed E-state index contributed by atoms with van der Waals surface area (Å²) >= 11 is 0. The monoisotopic (exact) mass is 168 g/mol. The lowest BCUT2D eigenvalue weighted by Crippen LogP contribution is -2.33. The molecule has 0 saturated heterocycles. The van der Waals surface area contributed by atoms with Gasteiger partial charge in [-0.25, -0.2) is 0 Å². The van der Waals surface area contributed by atoms with Crippen molar-refractivity contribution in [1.82, 2.24) is 4.72 Å². The Balaban J connectivity index is 4.21. The van der Waals surface area contributed by atoms with Crippen molar-refractivity contribution < 1.29 is 18.1 Å². The molecule has 10 heavy (non-hydrogen) atoms. The Bertz CT molecular complexity index is 253. The minimum Gasteiger partial charge on any atom is -0.355 e. The SMILES string of the molecule is CS(=O)(=O)NC(=O)[N+](=O)[O-]. The molecule has 0 aromatic carbocycles. The molecule has 0 aliphatic rings. The quantitative estimate of drug-likeness (QED) is 0.396. The van der Waals surface area contributed by atoms with Gasteiger partial charge in [-0.3, -0.25) is 0 Å². The second-order valence-corrected chi connectivity index (χ2v) is 3.18. The van der Waals surface area contributed by atoms with Crippen LogP contribution in [0, 0.1) is 10.1 Å². The fourth-order valence-corrected chi connectivity index (χ4v) is 0.588. The van der Waals surface area contributed by atoms with E-state index in [0.29, 0.717) is 6.26 Å². The molecule has 8 heteroatoms. The van der Waals surface area contributed by atoms with E-state index in [2.05, 4.69) is 0 Å². The Labute approximate surface area is 56.2 Å². The van der Waals surface area contributed by atoms with Crippen LogP contribution >= 0.6 is 0 Å². The van der Waals surface area contributed by atoms with Gasteiger partial charge in [0.25, 0.3) is 10.0 Å². The average molecular weight is 168 g/mol. The number of carbonyl (C=O) groups excluding carboxylic acids is 1. The molecule has 0 radical (unpaired) electrons. The number of rotatable bonds is 1. The van der Waals surface area contributed by atoms with Crippen LogP contribution in [-0.2, 0) is 10.0 Å². The molecule has 0 heterocycles. The van der Waals surface area contributed by atoms with E-state index in [1.165, 1.54) is 0 Å². The number of hydrogen-bond acceptors (Lipinski definition) is 5. The van der Waals surface area contributed by atoms with Gasteiger partial charge in [-0.05, 0) is 0 Å². The molecular weight excluding hydrogens is 164 g/mol. The third-order valence-electron chi connectivity index (χ3n) is 0.439. The molecule has 0 rings (SSSR count). The van der Waals surface area contributed by atoms with Gasteiger partial charge in [0, 0.05) is 4.92 Å². The van der Waals surface area contributed by atoms with Crippen molar-refractivity contribution in [2.75, 3.05) is 6.26 Å². The predicted molar refractivity (Wildman–Crippen MR) is 30.4 cm³/mol. The number of urea groups is 1. The molecule has 2 amide bonds. The lowest BCUT2D eigenvalue weighted by Gasteiger charge is -1.91. The summed E-state index contributed by atoms with van der Waals surface area (Å²) in [5.41, 5.74) is 0. The summed E-state index contributed by atoms with van der Waals surface area (Å²) in [4.78, 5) is 18.1. The van der Waals surface area contributed by atoms with Crippen molar-refractivity contribution in [3.8, 4) is 0 Å². The van der Waals surface area contributed by atoms with Crippen LogP contribution in [0.15, 0.2) is 0 Å². The molecule has 0 aromatic rings. The lowest BCUT2D eigenvalue weighted by atomic mass is 11.2. The highest BCUT2D eigenvalue weighted by molar-refractivity contribution is 7.89. The summed E-state index contributed by atoms with van der Waals surface area (Å²) in [5, 5.41) is 9.51. The summed E-state index contributed by atoms with van der Waals surface area (Å²) in [5.74, 6) is 0. The Morgan fingerprint density at radius 1 is 1.60 bits per heavy atom. The van der Waals surface area contributed by atoms with Crippen LogP contribution < -0.4 is 4.72 Å². The second kappa shape index (κ2) is 2.60. The minimum absolute atomic E-state index is 0.647. The molecule has 0 spiro atoms. The molecule has 0 bridgehead atoms. The first kappa shape index (κ1) is 8.82. The fraction of sp³-hybridized carbons (Fsp3) is 0.500. The first-order chi connectivity index (χ1) is 4.33. The highest BCUT2D eigenvalue weighted by atomic mass is 32.2. The molecule has 0 atom stereocenters. The van der Waals surface area contributed by atoms with E-state index in [1.807, 2.05) is 0 Å². The van der Waals surface area contributed by atoms with E-state index in [9.17, 15) is 23.3 Å². The maximum Gasteiger partial charge on any atom is 0.547 e. The van der Waals surface area contributed by atoms with E-state index < -0.39 is 21.0 Å². The number of hydrogen-bond donors (Lipinski definition) is 1. The molecule has 0 aliphatic heterocycles. The number of nitrogens with one attached hydrogen (secondary N) is 1. The molecule has 0 saturated carbocycles. The first-order valence-electron chi connectivity index (χ1n) is 1.99. The van der Waals surface area contributed by atoms with Gasteiger partial charge in [0.2, 0.25) is 0 Å². The predicted octanol–water partition coefficient (Wildman–Crippen LogP) is -1.07. The van der Waals surface area contributed by atoms with Crippen LogP contribution in [0.25, 0.3) is 0 Å². The van der Waals surface area contributed by atoms with Gasteiger partial charge in [-0.1, -0.05) is 0 Å². The highest BCUT2D eigenvalue weighted by Gasteiger charge is 2.18. The maximum atomic E-state index is 10.1. The molecule has 0 unspecified atom stereocenters. The van der Waals surface area contributed by atoms with E-state index >= 15 is 0 Å². The molecule has 0 aliphatic carbocycles. The van der Waals surface area contributed by atoms with Crippen molar-refractivity contribution >= 4 is 16.1 Å². The number of nitrogens with zero attached hydrogens (tertiary/aromatic N) is 1. The Hall–Kier alpha value is -1.18. The van der Waals surface area contributed by atoms with Crippen LogP contribution in [0.5, 0.6) is 0 Å². The Kier molecular flexibility index (Phi) is 2.30. The summed E-state index contributed by atoms with van der Waals surface area (Å²) in [6.07, 6.45) is 0.647. The van der Waals surface area contributed by atoms with Gasteiger partial charge in [0.15, 0.2) is 0 Å². The third kappa shape index (κ3) is 3.78. The van der Waals surface area contributed by atoms with E-state index in [0.717, 1.165) is 4.72 Å². The molecular formula is C2H4N2O5S. The van der Waals surface area contributed by atoms with Gasteiger partial charge in [0.1, 0.15) is 0 Å². The largest absolute Gasteiger partial charge is 0.547 e. The maximum absolute atomic E-state index is 10.1. The summed E-state index contributed by atoms with van der Waals surface area (Å²) in [6.45, 7) is 0. The van der Waals surface area contributed by atoms with Gasteiger partial charge in [0.05, 0.1) is 6.26 Å². The van der Waals surface area contributed by atoms with Crippen LogP contribution in [0.4, 0.5) is 4.79 Å². The van der Waals surface area contributed by atoms with Gasteiger partial charge in [-0.15, -0.1) is 4.72 Å². The van der Waals surface area contributed by atoms with Crippen LogP contribution in [0.2, 0.25) is 0 Å². The van der Waals surface area contributed by atoms with E-state index in [1.54, 1.807) is 0 Å². The minimum atomic E-state index is -3.81. The van der Waals surface area contributed by atoms with Crippen LogP contribution in [0.3, 0.4) is 0 Å². The number of amides is 2. The Morgan fingerprint density at radius 2 is 2.00 bits per heavy atom. The topological polar surface area (TPSA) is 106 Å². The number of sulfonamides is 1. The Morgan fingerprint density at radius 3 is 2.10 bits per heavy atom. The molecule has 0 aromatic heterocycles. The molecule has 7 nitrogen and oxygen atoms in total. The standard InChI is InChI=1S/C2H4N2O5S/c1-10(8,9)3-2(5)4(6)7/h1H3,(H,3,5). The second-order valence-electron chi connectivity index (χ2n) is 1.44. The van der Waals surface area contributed by atoms with Gasteiger partial charge in [-0.2, -0.15) is 13.2 Å². The number of carbonyl (C=O) groups is 1. The van der Waals surface area contributed by atoms with E-state index in [4.69, 9.17) is 0 Å².